The van der Waals surface area contributed by atoms with Gasteiger partial charge in [-0.3, -0.25) is 14.9 Å². The molecule has 0 fully saturated rings. The molecule has 1 heterocycles. The number of amides is 2. The number of alkyl halides is 3. The zero-order valence-electron chi connectivity index (χ0n) is 13.8. The molecule has 0 aliphatic heterocycles. The molecule has 0 aliphatic rings. The van der Waals surface area contributed by atoms with E-state index in [2.05, 4.69) is 35.6 Å². The fraction of sp³-hybridized carbons (Fsp3) is 0.308. The van der Waals surface area contributed by atoms with Crippen LogP contribution in [-0.4, -0.2) is 52.1 Å². The van der Waals surface area contributed by atoms with Crippen molar-refractivity contribution in [3.63, 3.8) is 0 Å². The summed E-state index contributed by atoms with van der Waals surface area (Å²) in [5.41, 5.74) is -0.790. The van der Waals surface area contributed by atoms with E-state index >= 15 is 0 Å². The summed E-state index contributed by atoms with van der Waals surface area (Å²) in [6.07, 6.45) is -5.04. The van der Waals surface area contributed by atoms with Gasteiger partial charge in [-0.05, 0) is 22.6 Å². The maximum atomic E-state index is 12.6. The number of anilines is 2. The Morgan fingerprint density at radius 2 is 2.00 bits per heavy atom. The molecule has 0 aliphatic carbocycles. The quantitative estimate of drug-likeness (QED) is 0.744. The molecule has 146 valence electrons. The molecule has 2 aromatic rings. The molecular weight excluding hydrogens is 397 g/mol. The largest absolute Gasteiger partial charge is 0.573 e. The first-order valence-corrected chi connectivity index (χ1v) is 7.41. The van der Waals surface area contributed by atoms with E-state index in [-0.39, 0.29) is 11.5 Å². The van der Waals surface area contributed by atoms with Crippen molar-refractivity contribution in [2.75, 3.05) is 24.4 Å². The third-order valence-electron chi connectivity index (χ3n) is 2.96. The number of rotatable bonds is 6. The highest BCUT2D eigenvalue weighted by atomic mass is 35.5. The Bertz CT molecular complexity index is 857. The van der Waals surface area contributed by atoms with Gasteiger partial charge in [-0.25, -0.2) is 4.68 Å². The van der Waals surface area contributed by atoms with Crippen LogP contribution in [0, 0.1) is 0 Å². The summed E-state index contributed by atoms with van der Waals surface area (Å²) in [4.78, 5) is 24.0. The molecule has 0 saturated carbocycles. The number of methoxy groups -OCH3 is 1. The van der Waals surface area contributed by atoms with Crippen molar-refractivity contribution in [3.8, 4) is 5.75 Å². The van der Waals surface area contributed by atoms with Gasteiger partial charge in [0, 0.05) is 14.2 Å². The van der Waals surface area contributed by atoms with Gasteiger partial charge in [-0.2, -0.15) is 0 Å². The molecule has 0 unspecified atom stereocenters. The lowest BCUT2D eigenvalue weighted by Gasteiger charge is -2.17. The van der Waals surface area contributed by atoms with Crippen molar-refractivity contribution in [1.29, 1.82) is 0 Å². The third-order valence-corrected chi connectivity index (χ3v) is 3.35. The number of aryl methyl sites for hydroxylation is 1. The molecule has 0 atom stereocenters. The summed E-state index contributed by atoms with van der Waals surface area (Å²) in [7, 11) is 2.67. The minimum Gasteiger partial charge on any atom is -0.404 e. The summed E-state index contributed by atoms with van der Waals surface area (Å²) < 4.78 is 47.3. The number of hydrogen-bond acceptors (Lipinski definition) is 7. The number of nitrogens with one attached hydrogen (secondary N) is 2. The molecule has 14 heteroatoms. The fourth-order valence-corrected chi connectivity index (χ4v) is 2.16. The van der Waals surface area contributed by atoms with Crippen molar-refractivity contribution in [1.82, 2.24) is 20.2 Å². The Hall–Kier alpha value is -2.93. The number of halogens is 4. The van der Waals surface area contributed by atoms with Crippen molar-refractivity contribution in [3.05, 3.63) is 22.7 Å². The molecule has 0 saturated heterocycles. The van der Waals surface area contributed by atoms with E-state index < -0.39 is 41.2 Å². The van der Waals surface area contributed by atoms with Gasteiger partial charge in [-0.1, -0.05) is 16.7 Å². The van der Waals surface area contributed by atoms with E-state index in [4.69, 9.17) is 11.6 Å². The van der Waals surface area contributed by atoms with Crippen LogP contribution in [0.1, 0.15) is 10.4 Å². The van der Waals surface area contributed by atoms with E-state index in [1.165, 1.54) is 14.2 Å². The van der Waals surface area contributed by atoms with Crippen LogP contribution in [0.15, 0.2) is 12.1 Å². The highest BCUT2D eigenvalue weighted by Gasteiger charge is 2.33. The van der Waals surface area contributed by atoms with Gasteiger partial charge < -0.3 is 14.8 Å². The van der Waals surface area contributed by atoms with Crippen LogP contribution in [0.25, 0.3) is 0 Å². The first kappa shape index (κ1) is 20.4. The Morgan fingerprint density at radius 3 is 2.56 bits per heavy atom. The highest BCUT2D eigenvalue weighted by molar-refractivity contribution is 6.37. The van der Waals surface area contributed by atoms with Gasteiger partial charge in [-0.15, -0.1) is 13.2 Å². The number of carbonyl (C=O) groups excluding carboxylic acids is 2. The summed E-state index contributed by atoms with van der Waals surface area (Å²) in [5.74, 6) is -2.45. The van der Waals surface area contributed by atoms with Gasteiger partial charge in [0.1, 0.15) is 12.3 Å². The maximum Gasteiger partial charge on any atom is 0.573 e. The molecule has 27 heavy (non-hydrogen) atoms. The van der Waals surface area contributed by atoms with Crippen LogP contribution in [0.2, 0.25) is 5.02 Å². The lowest BCUT2D eigenvalue weighted by atomic mass is 10.1. The van der Waals surface area contributed by atoms with E-state index in [0.29, 0.717) is 0 Å². The number of ether oxygens (including phenoxy) is 2. The number of tetrazole rings is 1. The number of aromatic nitrogens is 4. The monoisotopic (exact) mass is 408 g/mol. The molecule has 0 bridgehead atoms. The molecule has 0 spiro atoms. The molecule has 1 aromatic heterocycles. The van der Waals surface area contributed by atoms with Crippen molar-refractivity contribution < 1.29 is 32.2 Å². The zero-order chi connectivity index (χ0) is 20.2. The van der Waals surface area contributed by atoms with E-state index in [9.17, 15) is 22.8 Å². The Balaban J connectivity index is 2.40. The predicted molar refractivity (Wildman–Crippen MR) is 85.4 cm³/mol. The van der Waals surface area contributed by atoms with Crippen LogP contribution in [-0.2, 0) is 16.6 Å². The predicted octanol–water partition coefficient (Wildman–Crippen LogP) is 1.60. The van der Waals surface area contributed by atoms with Crippen molar-refractivity contribution >= 4 is 35.1 Å². The molecule has 2 N–H and O–H groups in total. The molecule has 0 radical (unpaired) electrons. The van der Waals surface area contributed by atoms with Gasteiger partial charge >= 0.3 is 6.36 Å². The molecular formula is C13H12ClF3N6O4. The molecule has 2 amide bonds. The van der Waals surface area contributed by atoms with Gasteiger partial charge in [0.25, 0.3) is 5.91 Å². The van der Waals surface area contributed by atoms with Crippen molar-refractivity contribution in [2.45, 2.75) is 6.36 Å². The normalized spacial score (nSPS) is 11.2. The van der Waals surface area contributed by atoms with Crippen LogP contribution < -0.4 is 15.4 Å². The lowest BCUT2D eigenvalue weighted by Crippen LogP contribution is -2.23. The lowest BCUT2D eigenvalue weighted by molar-refractivity contribution is -0.274. The second-order valence-corrected chi connectivity index (χ2v) is 5.29. The Morgan fingerprint density at radius 1 is 1.30 bits per heavy atom. The summed E-state index contributed by atoms with van der Waals surface area (Å²) in [5, 5.41) is 14.3. The fourth-order valence-electron chi connectivity index (χ4n) is 1.87. The zero-order valence-corrected chi connectivity index (χ0v) is 14.6. The van der Waals surface area contributed by atoms with Crippen LogP contribution in [0.5, 0.6) is 5.75 Å². The minimum absolute atomic E-state index is 0.0309. The number of benzene rings is 1. The van der Waals surface area contributed by atoms with E-state index in [0.717, 1.165) is 16.8 Å². The van der Waals surface area contributed by atoms with Gasteiger partial charge in [0.15, 0.2) is 5.75 Å². The first-order chi connectivity index (χ1) is 12.6. The topological polar surface area (TPSA) is 120 Å². The molecule has 2 rings (SSSR count). The highest BCUT2D eigenvalue weighted by Crippen LogP contribution is 2.38. The number of nitrogens with zero attached hydrogens (tertiary/aromatic N) is 4. The van der Waals surface area contributed by atoms with Crippen LogP contribution in [0.3, 0.4) is 0 Å². The SMILES string of the molecule is COCC(=O)Nc1c(OC(F)(F)F)ccc(C(=O)Nc2nnnn2C)c1Cl. The minimum atomic E-state index is -5.04. The third kappa shape index (κ3) is 5.27. The summed E-state index contributed by atoms with van der Waals surface area (Å²) >= 11 is 6.04. The van der Waals surface area contributed by atoms with Crippen LogP contribution >= 0.6 is 11.6 Å². The van der Waals surface area contributed by atoms with E-state index in [1.54, 1.807) is 0 Å². The Labute approximate surface area is 154 Å². The second kappa shape index (κ2) is 8.18. The maximum absolute atomic E-state index is 12.6. The molecule has 1 aromatic carbocycles. The van der Waals surface area contributed by atoms with Crippen molar-refractivity contribution in [2.24, 2.45) is 7.05 Å². The number of hydrogen-bond donors (Lipinski definition) is 2. The van der Waals surface area contributed by atoms with Gasteiger partial charge in [0.2, 0.25) is 11.9 Å². The van der Waals surface area contributed by atoms with Crippen LogP contribution in [0.4, 0.5) is 24.8 Å². The van der Waals surface area contributed by atoms with Gasteiger partial charge in [0.05, 0.1) is 10.6 Å². The average molecular weight is 409 g/mol. The summed E-state index contributed by atoms with van der Waals surface area (Å²) in [6, 6.07) is 1.83. The van der Waals surface area contributed by atoms with E-state index in [1.807, 2.05) is 0 Å². The second-order valence-electron chi connectivity index (χ2n) is 4.91. The smallest absolute Gasteiger partial charge is 0.404 e. The molecule has 10 nitrogen and oxygen atoms in total. The Kier molecular flexibility index (Phi) is 6.17. The average Bonchev–Trinajstić information content (AvgIpc) is 2.95. The summed E-state index contributed by atoms with van der Waals surface area (Å²) in [6.45, 7) is -0.456. The standard InChI is InChI=1S/C13H12ClF3N6O4/c1-23-12(20-21-22-23)19-11(25)6-3-4-7(27-13(15,16)17)10(9(6)14)18-8(24)5-26-2/h3-4H,5H2,1-2H3,(H,18,24)(H,19,20,22,25). The number of carbonyl (C=O) groups is 2. The first-order valence-electron chi connectivity index (χ1n) is 7.03.